The van der Waals surface area contributed by atoms with Gasteiger partial charge >= 0.3 is 0 Å². The summed E-state index contributed by atoms with van der Waals surface area (Å²) in [7, 11) is 3.77. The molecular weight excluding hydrogens is 322 g/mol. The zero-order valence-corrected chi connectivity index (χ0v) is 15.7. The number of methoxy groups -OCH3 is 1. The quantitative estimate of drug-likeness (QED) is 0.798. The van der Waals surface area contributed by atoms with Gasteiger partial charge in [-0.05, 0) is 60.6 Å². The van der Waals surface area contributed by atoms with Crippen molar-refractivity contribution < 1.29 is 4.74 Å². The second-order valence-corrected chi connectivity index (χ2v) is 7.21. The molecule has 4 heteroatoms. The second-order valence-electron chi connectivity index (χ2n) is 7.21. The van der Waals surface area contributed by atoms with E-state index in [1.54, 1.807) is 0 Å². The van der Waals surface area contributed by atoms with Crippen LogP contribution in [0.5, 0.6) is 0 Å². The SMILES string of the molecule is COC(CCc1ccn(C)n1)c1ccc2c(c1)CCN(C1=CC=C1)CC2. The molecule has 1 unspecified atom stereocenters. The van der Waals surface area contributed by atoms with Gasteiger partial charge in [-0.3, -0.25) is 4.68 Å². The fraction of sp³-hybridized carbons (Fsp3) is 0.409. The van der Waals surface area contributed by atoms with Crippen LogP contribution in [0, 0.1) is 0 Å². The minimum atomic E-state index is 0.124. The van der Waals surface area contributed by atoms with Crippen molar-refractivity contribution in [2.24, 2.45) is 7.05 Å². The van der Waals surface area contributed by atoms with Crippen LogP contribution in [0.3, 0.4) is 0 Å². The minimum Gasteiger partial charge on any atom is -0.377 e. The van der Waals surface area contributed by atoms with Crippen molar-refractivity contribution >= 4 is 0 Å². The van der Waals surface area contributed by atoms with E-state index < -0.39 is 0 Å². The zero-order valence-electron chi connectivity index (χ0n) is 15.7. The molecule has 1 aliphatic carbocycles. The smallest absolute Gasteiger partial charge is 0.0825 e. The maximum Gasteiger partial charge on any atom is 0.0825 e. The Morgan fingerprint density at radius 1 is 1.15 bits per heavy atom. The Bertz CT molecular complexity index is 834. The summed E-state index contributed by atoms with van der Waals surface area (Å²) in [6.07, 6.45) is 12.8. The van der Waals surface area contributed by atoms with E-state index in [4.69, 9.17) is 4.74 Å². The summed E-state index contributed by atoms with van der Waals surface area (Å²) in [6, 6.07) is 9.02. The summed E-state index contributed by atoms with van der Waals surface area (Å²) in [5.41, 5.74) is 6.76. The van der Waals surface area contributed by atoms with Gasteiger partial charge in [0.2, 0.25) is 0 Å². The molecule has 0 radical (unpaired) electrons. The first kappa shape index (κ1) is 17.1. The molecule has 0 spiro atoms. The van der Waals surface area contributed by atoms with Crippen molar-refractivity contribution in [1.82, 2.24) is 14.7 Å². The van der Waals surface area contributed by atoms with E-state index in [0.29, 0.717) is 0 Å². The molecule has 0 fully saturated rings. The van der Waals surface area contributed by atoms with Crippen LogP contribution in [-0.4, -0.2) is 34.9 Å². The predicted molar refractivity (Wildman–Crippen MR) is 104 cm³/mol. The van der Waals surface area contributed by atoms with Gasteiger partial charge < -0.3 is 9.64 Å². The Morgan fingerprint density at radius 3 is 2.62 bits per heavy atom. The van der Waals surface area contributed by atoms with E-state index in [1.165, 1.54) is 22.4 Å². The summed E-state index contributed by atoms with van der Waals surface area (Å²) in [6.45, 7) is 2.20. The van der Waals surface area contributed by atoms with Crippen molar-refractivity contribution in [3.8, 4) is 0 Å². The third-order valence-electron chi connectivity index (χ3n) is 5.52. The number of hydrogen-bond acceptors (Lipinski definition) is 3. The van der Waals surface area contributed by atoms with Gasteiger partial charge in [-0.1, -0.05) is 24.3 Å². The van der Waals surface area contributed by atoms with Gasteiger partial charge in [0.05, 0.1) is 11.8 Å². The van der Waals surface area contributed by atoms with E-state index in [0.717, 1.165) is 44.5 Å². The first-order valence-electron chi connectivity index (χ1n) is 9.49. The second kappa shape index (κ2) is 7.50. The van der Waals surface area contributed by atoms with E-state index in [9.17, 15) is 0 Å². The topological polar surface area (TPSA) is 30.3 Å². The van der Waals surface area contributed by atoms with Crippen molar-refractivity contribution in [2.45, 2.75) is 31.8 Å². The maximum absolute atomic E-state index is 5.81. The average molecular weight is 349 g/mol. The monoisotopic (exact) mass is 349 g/mol. The highest BCUT2D eigenvalue weighted by Gasteiger charge is 2.19. The Balaban J connectivity index is 1.44. The molecule has 4 rings (SSSR count). The third kappa shape index (κ3) is 3.61. The molecule has 0 saturated carbocycles. The van der Waals surface area contributed by atoms with Crippen LogP contribution < -0.4 is 0 Å². The van der Waals surface area contributed by atoms with Crippen molar-refractivity contribution in [2.75, 3.05) is 20.2 Å². The van der Waals surface area contributed by atoms with E-state index in [1.807, 2.05) is 25.0 Å². The predicted octanol–water partition coefficient (Wildman–Crippen LogP) is 3.59. The molecule has 136 valence electrons. The molecule has 0 amide bonds. The minimum absolute atomic E-state index is 0.124. The van der Waals surface area contributed by atoms with E-state index in [2.05, 4.69) is 52.5 Å². The number of allylic oxidation sites excluding steroid dienone is 3. The van der Waals surface area contributed by atoms with E-state index in [-0.39, 0.29) is 6.10 Å². The highest BCUT2D eigenvalue weighted by Crippen LogP contribution is 2.27. The highest BCUT2D eigenvalue weighted by atomic mass is 16.5. The van der Waals surface area contributed by atoms with Gasteiger partial charge in [0, 0.05) is 39.1 Å². The zero-order chi connectivity index (χ0) is 17.9. The lowest BCUT2D eigenvalue weighted by Gasteiger charge is -2.26. The Kier molecular flexibility index (Phi) is 4.93. The summed E-state index contributed by atoms with van der Waals surface area (Å²) in [4.78, 5) is 2.49. The largest absolute Gasteiger partial charge is 0.377 e. The summed E-state index contributed by atoms with van der Waals surface area (Å²) >= 11 is 0. The molecule has 1 aliphatic heterocycles. The first-order valence-corrected chi connectivity index (χ1v) is 9.49. The lowest BCUT2D eigenvalue weighted by Crippen LogP contribution is -2.26. The number of aryl methyl sites for hydroxylation is 2. The van der Waals surface area contributed by atoms with Crippen LogP contribution in [0.2, 0.25) is 0 Å². The molecule has 0 N–H and O–H groups in total. The van der Waals surface area contributed by atoms with Gasteiger partial charge in [-0.25, -0.2) is 0 Å². The lowest BCUT2D eigenvalue weighted by atomic mass is 9.96. The van der Waals surface area contributed by atoms with Crippen LogP contribution in [0.1, 0.15) is 34.9 Å². The van der Waals surface area contributed by atoms with Crippen LogP contribution in [0.15, 0.2) is 54.4 Å². The molecule has 1 aromatic heterocycles. The van der Waals surface area contributed by atoms with Crippen LogP contribution in [0.25, 0.3) is 0 Å². The standard InChI is InChI=1S/C22H27N3O/c1-24-13-12-20(23-24)8-9-22(26-2)19-7-6-17-10-14-25(21-4-3-5-21)15-11-18(17)16-19/h3-7,12-13,16,22H,8-11,14-15H2,1-2H3. The molecule has 0 bridgehead atoms. The molecule has 2 aromatic rings. The molecule has 26 heavy (non-hydrogen) atoms. The fourth-order valence-electron chi connectivity index (χ4n) is 3.89. The van der Waals surface area contributed by atoms with Crippen molar-refractivity contribution in [3.05, 3.63) is 76.8 Å². The maximum atomic E-state index is 5.81. The molecule has 4 nitrogen and oxygen atoms in total. The molecule has 1 aromatic carbocycles. The van der Waals surface area contributed by atoms with Gasteiger partial charge in [-0.15, -0.1) is 0 Å². The molecule has 2 aliphatic rings. The average Bonchev–Trinajstić information content (AvgIpc) is 2.91. The fourth-order valence-corrected chi connectivity index (χ4v) is 3.89. The van der Waals surface area contributed by atoms with Crippen molar-refractivity contribution in [1.29, 1.82) is 0 Å². The Labute approximate surface area is 155 Å². The number of nitrogens with zero attached hydrogens (tertiary/aromatic N) is 3. The number of benzene rings is 1. The molecule has 1 atom stereocenters. The van der Waals surface area contributed by atoms with Gasteiger partial charge in [-0.2, -0.15) is 5.10 Å². The number of ether oxygens (including phenoxy) is 1. The van der Waals surface area contributed by atoms with Gasteiger partial charge in [0.15, 0.2) is 0 Å². The number of rotatable bonds is 6. The molecule has 0 saturated heterocycles. The Hall–Kier alpha value is -2.33. The van der Waals surface area contributed by atoms with E-state index >= 15 is 0 Å². The number of fused-ring (bicyclic) bond motifs is 1. The molecule has 2 heterocycles. The normalized spacial score (nSPS) is 17.3. The van der Waals surface area contributed by atoms with Gasteiger partial charge in [0.1, 0.15) is 0 Å². The Morgan fingerprint density at radius 2 is 1.96 bits per heavy atom. The lowest BCUT2D eigenvalue weighted by molar-refractivity contribution is 0.0956. The molecular formula is C22H27N3O. The third-order valence-corrected chi connectivity index (χ3v) is 5.52. The summed E-state index contributed by atoms with van der Waals surface area (Å²) < 4.78 is 7.67. The van der Waals surface area contributed by atoms with Gasteiger partial charge in [0.25, 0.3) is 0 Å². The highest BCUT2D eigenvalue weighted by molar-refractivity contribution is 5.38. The first-order chi connectivity index (χ1) is 12.7. The summed E-state index contributed by atoms with van der Waals surface area (Å²) in [5.74, 6) is 0. The number of hydrogen-bond donors (Lipinski definition) is 0. The summed E-state index contributed by atoms with van der Waals surface area (Å²) in [5, 5.41) is 4.48. The van der Waals surface area contributed by atoms with Crippen LogP contribution in [-0.2, 0) is 31.0 Å². The van der Waals surface area contributed by atoms with Crippen LogP contribution in [0.4, 0.5) is 0 Å². The van der Waals surface area contributed by atoms with Crippen molar-refractivity contribution in [3.63, 3.8) is 0 Å². The van der Waals surface area contributed by atoms with Crippen LogP contribution >= 0.6 is 0 Å². The number of aromatic nitrogens is 2.